The highest BCUT2D eigenvalue weighted by atomic mass is 35.5. The van der Waals surface area contributed by atoms with Gasteiger partial charge in [0.15, 0.2) is 17.2 Å². The summed E-state index contributed by atoms with van der Waals surface area (Å²) in [6.45, 7) is 2.54. The SMILES string of the molecule is CC(C)(OC[C@@H]1C[C@@H](O)[C@H](n2ncc3c(NC4CCCC4)nc(Cl)nc32)O1)P(=O)(O)O. The van der Waals surface area contributed by atoms with Crippen molar-refractivity contribution in [3.05, 3.63) is 11.5 Å². The van der Waals surface area contributed by atoms with Gasteiger partial charge in [0.2, 0.25) is 5.28 Å². The molecule has 0 amide bonds. The lowest BCUT2D eigenvalue weighted by molar-refractivity contribution is -0.0832. The molecule has 0 aromatic carbocycles. The summed E-state index contributed by atoms with van der Waals surface area (Å²) in [7, 11) is -4.46. The van der Waals surface area contributed by atoms with Crippen molar-refractivity contribution < 1.29 is 28.9 Å². The van der Waals surface area contributed by atoms with Crippen LogP contribution in [0.5, 0.6) is 0 Å². The minimum absolute atomic E-state index is 0.0607. The van der Waals surface area contributed by atoms with Crippen LogP contribution in [0.1, 0.15) is 52.2 Å². The predicted molar refractivity (Wildman–Crippen MR) is 113 cm³/mol. The van der Waals surface area contributed by atoms with Crippen LogP contribution in [0.4, 0.5) is 5.82 Å². The Balaban J connectivity index is 1.52. The fourth-order valence-electron chi connectivity index (χ4n) is 3.90. The van der Waals surface area contributed by atoms with Gasteiger partial charge < -0.3 is 29.7 Å². The highest BCUT2D eigenvalue weighted by Crippen LogP contribution is 2.51. The molecule has 2 aromatic heterocycles. The van der Waals surface area contributed by atoms with Crippen molar-refractivity contribution in [2.24, 2.45) is 0 Å². The smallest absolute Gasteiger partial charge is 0.356 e. The fourth-order valence-corrected chi connectivity index (χ4v) is 4.30. The number of aliphatic hydroxyl groups excluding tert-OH is 1. The van der Waals surface area contributed by atoms with Gasteiger partial charge in [-0.15, -0.1) is 0 Å². The third-order valence-corrected chi connectivity index (χ3v) is 7.55. The molecule has 0 bridgehead atoms. The zero-order valence-electron chi connectivity index (χ0n) is 17.3. The van der Waals surface area contributed by atoms with Gasteiger partial charge in [-0.1, -0.05) is 12.8 Å². The number of nitrogens with one attached hydrogen (secondary N) is 1. The van der Waals surface area contributed by atoms with Gasteiger partial charge in [0.25, 0.3) is 0 Å². The molecule has 31 heavy (non-hydrogen) atoms. The molecule has 0 radical (unpaired) electrons. The molecule has 1 aliphatic heterocycles. The van der Waals surface area contributed by atoms with Crippen molar-refractivity contribution >= 4 is 36.0 Å². The first kappa shape index (κ1) is 22.8. The average molecular weight is 476 g/mol. The van der Waals surface area contributed by atoms with Crippen molar-refractivity contribution in [3.63, 3.8) is 0 Å². The summed E-state index contributed by atoms with van der Waals surface area (Å²) < 4.78 is 24.3. The van der Waals surface area contributed by atoms with Crippen LogP contribution < -0.4 is 5.32 Å². The minimum Gasteiger partial charge on any atom is -0.388 e. The second-order valence-electron chi connectivity index (χ2n) is 8.55. The molecule has 2 aromatic rings. The molecule has 3 heterocycles. The molecule has 3 atom stereocenters. The number of hydrogen-bond donors (Lipinski definition) is 4. The van der Waals surface area contributed by atoms with Crippen LogP contribution in [0, 0.1) is 0 Å². The molecular weight excluding hydrogens is 449 g/mol. The first-order chi connectivity index (χ1) is 14.5. The van der Waals surface area contributed by atoms with Crippen molar-refractivity contribution in [2.75, 3.05) is 11.9 Å². The van der Waals surface area contributed by atoms with Crippen LogP contribution in [0.15, 0.2) is 6.20 Å². The number of anilines is 1. The van der Waals surface area contributed by atoms with Crippen LogP contribution >= 0.6 is 19.2 Å². The molecule has 0 unspecified atom stereocenters. The Morgan fingerprint density at radius 1 is 1.35 bits per heavy atom. The Bertz CT molecular complexity index is 991. The van der Waals surface area contributed by atoms with Crippen LogP contribution in [0.2, 0.25) is 5.28 Å². The molecule has 11 nitrogen and oxygen atoms in total. The van der Waals surface area contributed by atoms with E-state index in [2.05, 4.69) is 20.4 Å². The monoisotopic (exact) mass is 475 g/mol. The summed E-state index contributed by atoms with van der Waals surface area (Å²) >= 11 is 6.15. The summed E-state index contributed by atoms with van der Waals surface area (Å²) in [6, 6.07) is 0.324. The molecule has 1 aliphatic carbocycles. The molecule has 172 valence electrons. The highest BCUT2D eigenvalue weighted by molar-refractivity contribution is 7.53. The second-order valence-corrected chi connectivity index (χ2v) is 11.0. The van der Waals surface area contributed by atoms with Crippen LogP contribution in [0.3, 0.4) is 0 Å². The Labute approximate surface area is 184 Å². The second kappa shape index (κ2) is 8.55. The van der Waals surface area contributed by atoms with E-state index in [-0.39, 0.29) is 18.3 Å². The predicted octanol–water partition coefficient (Wildman–Crippen LogP) is 2.41. The fraction of sp³-hybridized carbons (Fsp3) is 0.722. The van der Waals surface area contributed by atoms with Crippen molar-refractivity contribution in [3.8, 4) is 0 Å². The van der Waals surface area contributed by atoms with E-state index >= 15 is 0 Å². The van der Waals surface area contributed by atoms with Gasteiger partial charge in [-0.25, -0.2) is 4.68 Å². The largest absolute Gasteiger partial charge is 0.388 e. The number of fused-ring (bicyclic) bond motifs is 1. The maximum Gasteiger partial charge on any atom is 0.356 e. The Morgan fingerprint density at radius 2 is 2.06 bits per heavy atom. The van der Waals surface area contributed by atoms with E-state index in [4.69, 9.17) is 21.1 Å². The van der Waals surface area contributed by atoms with E-state index in [9.17, 15) is 19.5 Å². The standard InChI is InChI=1S/C18H27ClN5O6P/c1-18(2,31(26,27)28)29-9-11-7-13(25)16(30-11)24-15-12(8-20-24)14(22-17(19)23-15)21-10-5-3-4-6-10/h8,10-11,13,16,25H,3-7,9H2,1-2H3,(H,21,22,23)(H2,26,27,28)/t11-,13+,16+/m0/s1. The molecule has 1 saturated carbocycles. The number of nitrogens with zero attached hydrogens (tertiary/aromatic N) is 4. The molecular formula is C18H27ClN5O6P. The van der Waals surface area contributed by atoms with Gasteiger partial charge in [0.05, 0.1) is 24.3 Å². The third-order valence-electron chi connectivity index (χ3n) is 5.85. The van der Waals surface area contributed by atoms with E-state index in [1.54, 1.807) is 6.20 Å². The number of aromatic nitrogens is 4. The molecule has 4 N–H and O–H groups in total. The average Bonchev–Trinajstić information content (AvgIpc) is 3.39. The van der Waals surface area contributed by atoms with Crippen molar-refractivity contribution in [1.29, 1.82) is 0 Å². The van der Waals surface area contributed by atoms with E-state index in [1.165, 1.54) is 31.4 Å². The number of aliphatic hydroxyl groups is 1. The lowest BCUT2D eigenvalue weighted by Gasteiger charge is -2.27. The summed E-state index contributed by atoms with van der Waals surface area (Å²) in [5, 5.41) is 17.4. The van der Waals surface area contributed by atoms with Crippen LogP contribution in [0.25, 0.3) is 11.0 Å². The molecule has 4 rings (SSSR count). The number of ether oxygens (including phenoxy) is 2. The molecule has 2 aliphatic rings. The summed E-state index contributed by atoms with van der Waals surface area (Å²) in [5.41, 5.74) is 0.432. The molecule has 13 heteroatoms. The quantitative estimate of drug-likeness (QED) is 0.347. The first-order valence-corrected chi connectivity index (χ1v) is 12.2. The Hall–Kier alpha value is -1.33. The maximum absolute atomic E-state index is 11.5. The first-order valence-electron chi connectivity index (χ1n) is 10.3. The summed E-state index contributed by atoms with van der Waals surface area (Å²) in [5.74, 6) is 0.601. The van der Waals surface area contributed by atoms with Crippen molar-refractivity contribution in [1.82, 2.24) is 19.7 Å². The van der Waals surface area contributed by atoms with Gasteiger partial charge >= 0.3 is 7.60 Å². The van der Waals surface area contributed by atoms with E-state index in [1.807, 2.05) is 0 Å². The van der Waals surface area contributed by atoms with E-state index in [0.717, 1.165) is 12.8 Å². The molecule has 1 saturated heterocycles. The lowest BCUT2D eigenvalue weighted by atomic mass is 10.2. The number of hydrogen-bond acceptors (Lipinski definition) is 8. The van der Waals surface area contributed by atoms with E-state index in [0.29, 0.717) is 22.9 Å². The van der Waals surface area contributed by atoms with Gasteiger partial charge in [-0.2, -0.15) is 15.1 Å². The van der Waals surface area contributed by atoms with Gasteiger partial charge in [0.1, 0.15) is 11.9 Å². The Morgan fingerprint density at radius 3 is 2.74 bits per heavy atom. The topological polar surface area (TPSA) is 152 Å². The lowest BCUT2D eigenvalue weighted by Crippen LogP contribution is -2.29. The van der Waals surface area contributed by atoms with Crippen molar-refractivity contribution in [2.45, 2.75) is 75.8 Å². The number of rotatable bonds is 7. The maximum atomic E-state index is 11.5. The molecule has 0 spiro atoms. The van der Waals surface area contributed by atoms with Crippen LogP contribution in [-0.2, 0) is 14.0 Å². The van der Waals surface area contributed by atoms with Gasteiger partial charge in [0, 0.05) is 12.5 Å². The summed E-state index contributed by atoms with van der Waals surface area (Å²) in [6.07, 6.45) is 3.98. The molecule has 2 fully saturated rings. The highest BCUT2D eigenvalue weighted by Gasteiger charge is 2.42. The Kier molecular flexibility index (Phi) is 6.30. The normalized spacial score (nSPS) is 25.5. The van der Waals surface area contributed by atoms with Gasteiger partial charge in [-0.3, -0.25) is 4.57 Å². The van der Waals surface area contributed by atoms with Gasteiger partial charge in [-0.05, 0) is 38.3 Å². The minimum atomic E-state index is -4.46. The van der Waals surface area contributed by atoms with Crippen LogP contribution in [-0.4, -0.2) is 64.8 Å². The number of halogens is 1. The zero-order chi connectivity index (χ0) is 22.4. The summed E-state index contributed by atoms with van der Waals surface area (Å²) in [4.78, 5) is 27.4. The van der Waals surface area contributed by atoms with E-state index < -0.39 is 31.4 Å². The third kappa shape index (κ3) is 4.73. The zero-order valence-corrected chi connectivity index (χ0v) is 19.0.